The van der Waals surface area contributed by atoms with Gasteiger partial charge in [0, 0.05) is 10.9 Å². The first-order valence-corrected chi connectivity index (χ1v) is 10.00. The van der Waals surface area contributed by atoms with Crippen molar-refractivity contribution in [1.82, 2.24) is 9.78 Å². The van der Waals surface area contributed by atoms with E-state index in [1.807, 2.05) is 0 Å². The average molecular weight is 442 g/mol. The molecule has 0 amide bonds. The van der Waals surface area contributed by atoms with Crippen LogP contribution in [0.5, 0.6) is 0 Å². The molecule has 0 radical (unpaired) electrons. The van der Waals surface area contributed by atoms with Crippen molar-refractivity contribution in [3.8, 4) is 10.6 Å². The van der Waals surface area contributed by atoms with Crippen molar-refractivity contribution >= 4 is 34.1 Å². The van der Waals surface area contributed by atoms with Crippen molar-refractivity contribution < 1.29 is 22.7 Å². The lowest BCUT2D eigenvalue weighted by Gasteiger charge is -2.19. The van der Waals surface area contributed by atoms with E-state index >= 15 is 8.78 Å². The van der Waals surface area contributed by atoms with Crippen LogP contribution in [0, 0.1) is 10.8 Å². The van der Waals surface area contributed by atoms with Crippen LogP contribution in [0.1, 0.15) is 22.2 Å². The molecule has 0 aliphatic carbocycles. The normalized spacial score (nSPS) is 11.6. The summed E-state index contributed by atoms with van der Waals surface area (Å²) in [5.41, 5.74) is -0.0799. The fourth-order valence-electron chi connectivity index (χ4n) is 2.94. The van der Waals surface area contributed by atoms with Crippen molar-refractivity contribution in [2.45, 2.75) is 12.8 Å². The second-order valence-electron chi connectivity index (χ2n) is 6.50. The SMILES string of the molecule is CCOC(=O)c1ccc(-c2ccc(=N)n(C(=N)C(F)(F)c3ccc4occc4c3)n2)s1. The Hall–Kier alpha value is -3.66. The fraction of sp³-hybridized carbons (Fsp3) is 0.143. The summed E-state index contributed by atoms with van der Waals surface area (Å²) in [6.45, 7) is 1.93. The van der Waals surface area contributed by atoms with Crippen LogP contribution in [-0.4, -0.2) is 28.2 Å². The standard InChI is InChI=1S/C21H16F2N4O3S/c1-2-29-19(28)17-7-6-16(31-17)14-4-8-18(24)27(26-14)20(25)21(22,23)13-3-5-15-12(11-13)9-10-30-15/h3-11,24-25H,2H2,1H3. The highest BCUT2D eigenvalue weighted by molar-refractivity contribution is 7.17. The predicted molar refractivity (Wildman–Crippen MR) is 111 cm³/mol. The molecule has 2 N–H and O–H groups in total. The Kier molecular flexibility index (Phi) is 5.24. The van der Waals surface area contributed by atoms with Gasteiger partial charge in [-0.1, -0.05) is 0 Å². The lowest BCUT2D eigenvalue weighted by atomic mass is 10.1. The van der Waals surface area contributed by atoms with Crippen molar-refractivity contribution in [3.63, 3.8) is 0 Å². The van der Waals surface area contributed by atoms with Crippen molar-refractivity contribution in [3.05, 3.63) is 70.7 Å². The molecule has 0 fully saturated rings. The molecule has 7 nitrogen and oxygen atoms in total. The minimum Gasteiger partial charge on any atom is -0.464 e. The Morgan fingerprint density at radius 1 is 1.23 bits per heavy atom. The number of halogens is 2. The molecule has 4 aromatic rings. The van der Waals surface area contributed by atoms with Gasteiger partial charge in [0.05, 0.1) is 17.7 Å². The van der Waals surface area contributed by atoms with Crippen LogP contribution in [0.2, 0.25) is 0 Å². The van der Waals surface area contributed by atoms with Crippen molar-refractivity contribution in [2.24, 2.45) is 0 Å². The van der Waals surface area contributed by atoms with Crippen LogP contribution in [0.25, 0.3) is 21.5 Å². The third-order valence-electron chi connectivity index (χ3n) is 4.49. The van der Waals surface area contributed by atoms with E-state index in [9.17, 15) is 4.79 Å². The number of ether oxygens (including phenoxy) is 1. The lowest BCUT2D eigenvalue weighted by molar-refractivity contribution is 0.0532. The van der Waals surface area contributed by atoms with Gasteiger partial charge in [-0.15, -0.1) is 11.3 Å². The van der Waals surface area contributed by atoms with Crippen LogP contribution in [0.15, 0.2) is 59.2 Å². The van der Waals surface area contributed by atoms with Gasteiger partial charge in [-0.25, -0.2) is 4.79 Å². The van der Waals surface area contributed by atoms with E-state index in [1.54, 1.807) is 25.1 Å². The number of hydrogen-bond donors (Lipinski definition) is 2. The Bertz CT molecular complexity index is 1360. The Balaban J connectivity index is 1.70. The number of carbonyl (C=O) groups excluding carboxylic acids is 1. The molecule has 4 rings (SSSR count). The number of aromatic nitrogens is 2. The fourth-order valence-corrected chi connectivity index (χ4v) is 3.81. The van der Waals surface area contributed by atoms with Crippen molar-refractivity contribution in [1.29, 1.82) is 10.8 Å². The van der Waals surface area contributed by atoms with E-state index in [1.165, 1.54) is 36.6 Å². The molecule has 3 aromatic heterocycles. The second-order valence-corrected chi connectivity index (χ2v) is 7.58. The van der Waals surface area contributed by atoms with Gasteiger partial charge < -0.3 is 9.15 Å². The zero-order valence-electron chi connectivity index (χ0n) is 16.2. The lowest BCUT2D eigenvalue weighted by Crippen LogP contribution is -2.39. The molecule has 1 aromatic carbocycles. The quantitative estimate of drug-likeness (QED) is 0.267. The Morgan fingerprint density at radius 3 is 2.81 bits per heavy atom. The first-order chi connectivity index (χ1) is 14.8. The summed E-state index contributed by atoms with van der Waals surface area (Å²) in [5.74, 6) is -5.36. The van der Waals surface area contributed by atoms with Gasteiger partial charge in [0.2, 0.25) is 0 Å². The molecule has 0 spiro atoms. The molecule has 0 atom stereocenters. The number of nitrogens with one attached hydrogen (secondary N) is 2. The Morgan fingerprint density at radius 2 is 2.03 bits per heavy atom. The Labute approximate surface area is 178 Å². The first kappa shape index (κ1) is 20.6. The van der Waals surface area contributed by atoms with E-state index in [4.69, 9.17) is 20.0 Å². The summed E-state index contributed by atoms with van der Waals surface area (Å²) in [6.07, 6.45) is 1.39. The summed E-state index contributed by atoms with van der Waals surface area (Å²) in [7, 11) is 0. The molecule has 0 unspecified atom stereocenters. The minimum absolute atomic E-state index is 0.231. The topological polar surface area (TPSA) is 105 Å². The average Bonchev–Trinajstić information content (AvgIpc) is 3.43. The van der Waals surface area contributed by atoms with Gasteiger partial charge in [0.25, 0.3) is 0 Å². The highest BCUT2D eigenvalue weighted by Gasteiger charge is 2.39. The first-order valence-electron chi connectivity index (χ1n) is 9.18. The monoisotopic (exact) mass is 442 g/mol. The van der Waals surface area contributed by atoms with E-state index < -0.39 is 23.3 Å². The summed E-state index contributed by atoms with van der Waals surface area (Å²) in [5, 5.41) is 20.6. The molecule has 0 saturated carbocycles. The molecule has 158 valence electrons. The van der Waals surface area contributed by atoms with Gasteiger partial charge in [0.1, 0.15) is 21.6 Å². The predicted octanol–water partition coefficient (Wildman–Crippen LogP) is 4.63. The van der Waals surface area contributed by atoms with Gasteiger partial charge >= 0.3 is 11.9 Å². The third-order valence-corrected chi connectivity index (χ3v) is 5.58. The number of carbonyl (C=O) groups is 1. The number of hydrogen-bond acceptors (Lipinski definition) is 7. The number of alkyl halides is 2. The smallest absolute Gasteiger partial charge is 0.348 e. The van der Waals surface area contributed by atoms with Crippen LogP contribution in [0.3, 0.4) is 0 Å². The van der Waals surface area contributed by atoms with Gasteiger partial charge in [0.15, 0.2) is 5.84 Å². The highest BCUT2D eigenvalue weighted by atomic mass is 32.1. The van der Waals surface area contributed by atoms with Crippen LogP contribution in [0.4, 0.5) is 8.78 Å². The van der Waals surface area contributed by atoms with Crippen molar-refractivity contribution in [2.75, 3.05) is 6.61 Å². The summed E-state index contributed by atoms with van der Waals surface area (Å²) in [4.78, 5) is 12.7. The number of furan rings is 1. The molecule has 10 heteroatoms. The minimum atomic E-state index is -3.71. The van der Waals surface area contributed by atoms with Gasteiger partial charge in [-0.2, -0.15) is 18.6 Å². The maximum Gasteiger partial charge on any atom is 0.348 e. The van der Waals surface area contributed by atoms with E-state index in [2.05, 4.69) is 5.10 Å². The number of thiophene rings is 1. The number of rotatable bonds is 5. The third kappa shape index (κ3) is 3.77. The van der Waals surface area contributed by atoms with Crippen LogP contribution < -0.4 is 5.49 Å². The maximum atomic E-state index is 15.1. The zero-order valence-corrected chi connectivity index (χ0v) is 17.0. The largest absolute Gasteiger partial charge is 0.464 e. The molecular formula is C21H16F2N4O3S. The molecule has 0 aliphatic rings. The molecule has 3 heterocycles. The summed E-state index contributed by atoms with van der Waals surface area (Å²) < 4.78 is 40.9. The zero-order chi connectivity index (χ0) is 22.2. The molecule has 0 saturated heterocycles. The summed E-state index contributed by atoms with van der Waals surface area (Å²) in [6, 6.07) is 11.3. The van der Waals surface area contributed by atoms with Gasteiger partial charge in [-0.3, -0.25) is 10.8 Å². The molecule has 0 aliphatic heterocycles. The highest BCUT2D eigenvalue weighted by Crippen LogP contribution is 2.32. The van der Waals surface area contributed by atoms with Crippen LogP contribution in [-0.2, 0) is 10.7 Å². The second kappa shape index (κ2) is 7.88. The molecular weight excluding hydrogens is 426 g/mol. The molecule has 0 bridgehead atoms. The number of nitrogens with zero attached hydrogens (tertiary/aromatic N) is 2. The number of esters is 1. The number of fused-ring (bicyclic) bond motifs is 1. The van der Waals surface area contributed by atoms with Crippen LogP contribution >= 0.6 is 11.3 Å². The van der Waals surface area contributed by atoms with E-state index in [0.29, 0.717) is 25.4 Å². The van der Waals surface area contributed by atoms with E-state index in [0.717, 1.165) is 11.3 Å². The summed E-state index contributed by atoms with van der Waals surface area (Å²) >= 11 is 1.09. The van der Waals surface area contributed by atoms with E-state index in [-0.39, 0.29) is 17.8 Å². The maximum absolute atomic E-state index is 15.1. The van der Waals surface area contributed by atoms with Gasteiger partial charge in [-0.05, 0) is 55.5 Å². The molecule has 31 heavy (non-hydrogen) atoms. The number of benzene rings is 1.